The van der Waals surface area contributed by atoms with Crippen LogP contribution in [0.25, 0.3) is 0 Å². The maximum atomic E-state index is 7.26. The zero-order chi connectivity index (χ0) is 46.9. The summed E-state index contributed by atoms with van der Waals surface area (Å²) in [6, 6.07) is 66.7. The highest BCUT2D eigenvalue weighted by atomic mass is 31.3. The first kappa shape index (κ1) is 46.2. The second-order valence-electron chi connectivity index (χ2n) is 15.4. The predicted octanol–water partition coefficient (Wildman–Crippen LogP) is 17.7. The van der Waals surface area contributed by atoms with E-state index in [1.165, 1.54) is 0 Å². The summed E-state index contributed by atoms with van der Waals surface area (Å²) in [6.45, 7) is 7.69. The Morgan fingerprint density at radius 1 is 0.221 bits per heavy atom. The van der Waals surface area contributed by atoms with E-state index in [0.717, 1.165) is 22.3 Å². The summed E-state index contributed by atoms with van der Waals surface area (Å²) >= 11 is 0. The van der Waals surface area contributed by atoms with Gasteiger partial charge in [0, 0.05) is 0 Å². The molecule has 1 aliphatic rings. The van der Waals surface area contributed by atoms with Gasteiger partial charge in [0.25, 0.3) is 0 Å². The van der Waals surface area contributed by atoms with Crippen LogP contribution in [0.4, 0.5) is 0 Å². The van der Waals surface area contributed by atoms with Crippen molar-refractivity contribution in [1.82, 2.24) is 0 Å². The molecule has 0 amide bonds. The fourth-order valence-electron chi connectivity index (χ4n) is 6.63. The number of hydrogen-bond acceptors (Lipinski definition) is 12. The normalized spacial score (nSPS) is 20.8. The van der Waals surface area contributed by atoms with E-state index in [2.05, 4.69) is 0 Å². The maximum absolute atomic E-state index is 7.26. The monoisotopic (exact) mass is 980 g/mol. The van der Waals surface area contributed by atoms with Gasteiger partial charge >= 0.3 is 30.6 Å². The van der Waals surface area contributed by atoms with Gasteiger partial charge in [0.05, 0.1) is 0 Å². The zero-order valence-electron chi connectivity index (χ0n) is 37.6. The Balaban J connectivity index is 1.51. The Morgan fingerprint density at radius 2 is 0.397 bits per heavy atom. The van der Waals surface area contributed by atoms with Crippen molar-refractivity contribution in [2.75, 3.05) is 0 Å². The lowest BCUT2D eigenvalue weighted by Gasteiger charge is -2.33. The van der Waals surface area contributed by atoms with Crippen molar-refractivity contribution in [3.05, 3.63) is 241 Å². The number of rotatable bonds is 16. The number of para-hydroxylation sites is 8. The molecule has 0 saturated carbocycles. The first-order chi connectivity index (χ1) is 33.1. The van der Waals surface area contributed by atoms with E-state index in [9.17, 15) is 0 Å². The molecule has 12 nitrogen and oxygen atoms in total. The van der Waals surface area contributed by atoms with Crippen LogP contribution in [-0.2, 0) is 0 Å². The van der Waals surface area contributed by atoms with Crippen molar-refractivity contribution in [3.8, 4) is 46.0 Å². The first-order valence-corrected chi connectivity index (χ1v) is 27.8. The second-order valence-corrected chi connectivity index (χ2v) is 23.6. The van der Waals surface area contributed by atoms with E-state index < -0.39 is 30.6 Å². The molecule has 8 aromatic rings. The molecule has 16 heteroatoms. The van der Waals surface area contributed by atoms with E-state index in [1.807, 2.05) is 198 Å². The number of hydrogen-bond donors (Lipinski definition) is 0. The maximum Gasteiger partial charge on any atom is 0.460 e. The lowest BCUT2D eigenvalue weighted by molar-refractivity contribution is 0.442. The van der Waals surface area contributed by atoms with Crippen molar-refractivity contribution < 1.29 is 36.2 Å². The predicted molar refractivity (Wildman–Crippen MR) is 273 cm³/mol. The topological polar surface area (TPSA) is 123 Å². The Morgan fingerprint density at radius 3 is 0.588 bits per heavy atom. The Labute approximate surface area is 397 Å². The summed E-state index contributed by atoms with van der Waals surface area (Å²) in [4.78, 5) is 0. The molecule has 8 aromatic carbocycles. The van der Waals surface area contributed by atoms with Gasteiger partial charge in [-0.15, -0.1) is 0 Å². The van der Waals surface area contributed by atoms with E-state index in [1.54, 1.807) is 48.5 Å². The molecular formula is C52H48N4O8P4. The molecule has 0 radical (unpaired) electrons. The van der Waals surface area contributed by atoms with Gasteiger partial charge in [0.2, 0.25) is 0 Å². The Bertz CT molecular complexity index is 2800. The smallest absolute Gasteiger partial charge is 0.413 e. The second kappa shape index (κ2) is 20.5. The molecule has 0 unspecified atom stereocenters. The van der Waals surface area contributed by atoms with Crippen molar-refractivity contribution in [2.45, 2.75) is 27.7 Å². The van der Waals surface area contributed by atoms with Crippen molar-refractivity contribution in [3.63, 3.8) is 0 Å². The number of aryl methyl sites for hydroxylation is 4. The molecular weight excluding hydrogens is 932 g/mol. The molecule has 1 aliphatic heterocycles. The van der Waals surface area contributed by atoms with Gasteiger partial charge in [-0.1, -0.05) is 164 Å². The highest BCUT2D eigenvalue weighted by molar-refractivity contribution is 7.79. The Hall–Kier alpha value is -6.92. The molecule has 0 saturated heterocycles. The van der Waals surface area contributed by atoms with Crippen molar-refractivity contribution in [2.24, 2.45) is 18.1 Å². The average molecular weight is 981 g/mol. The largest absolute Gasteiger partial charge is 0.460 e. The quantitative estimate of drug-likeness (QED) is 0.0877. The summed E-state index contributed by atoms with van der Waals surface area (Å²) in [5, 5.41) is 0. The van der Waals surface area contributed by atoms with Gasteiger partial charge in [-0.2, -0.15) is 0 Å². The van der Waals surface area contributed by atoms with E-state index in [0.29, 0.717) is 46.0 Å². The van der Waals surface area contributed by atoms with Gasteiger partial charge in [-0.05, 0) is 123 Å². The van der Waals surface area contributed by atoms with E-state index >= 15 is 0 Å². The molecule has 0 N–H and O–H groups in total. The molecule has 0 aromatic heterocycles. The van der Waals surface area contributed by atoms with Crippen LogP contribution in [0.2, 0.25) is 0 Å². The standard InChI is InChI=1S/C52H48N4O8P4/c1-41-25-17-21-37-49(41)61-65(57-45-29-9-5-10-30-45)53-66(58-46-31-11-6-12-32-46,62-50-38-22-18-26-42(50)2)55-68(60-48-35-15-8-16-36-48,64-52-40-24-20-28-44(52)4)56-67(54-65,59-47-33-13-7-14-34-47)63-51-39-23-19-27-43(51)3/h5-40H,1-4H3. The number of benzene rings is 8. The van der Waals surface area contributed by atoms with Gasteiger partial charge in [-0.3, -0.25) is 0 Å². The SMILES string of the molecule is Cc1ccccc1OP1(Oc2ccccc2)=NP(Oc2ccccc2)(Oc2ccccc2C)=NP(Oc2ccccc2)(Oc2ccccc2C)=NP(Oc2ccccc2)(Oc2ccccc2C)=N1. The zero-order valence-corrected chi connectivity index (χ0v) is 41.2. The lowest BCUT2D eigenvalue weighted by atomic mass is 10.2. The van der Waals surface area contributed by atoms with Crippen LogP contribution in [0, 0.1) is 27.7 Å². The van der Waals surface area contributed by atoms with Crippen LogP contribution in [-0.4, -0.2) is 0 Å². The minimum Gasteiger partial charge on any atom is -0.413 e. The molecule has 0 atom stereocenters. The molecule has 9 rings (SSSR count). The third-order valence-electron chi connectivity index (χ3n) is 10.0. The van der Waals surface area contributed by atoms with Crippen molar-refractivity contribution in [1.29, 1.82) is 0 Å². The molecule has 1 heterocycles. The van der Waals surface area contributed by atoms with E-state index in [-0.39, 0.29) is 0 Å². The molecule has 0 bridgehead atoms. The highest BCUT2D eigenvalue weighted by Gasteiger charge is 2.50. The molecule has 344 valence electrons. The van der Waals surface area contributed by atoms with Crippen LogP contribution in [0.5, 0.6) is 46.0 Å². The number of nitrogens with zero attached hydrogens (tertiary/aromatic N) is 4. The third-order valence-corrected chi connectivity index (χ3v) is 20.8. The summed E-state index contributed by atoms with van der Waals surface area (Å²) < 4.78 is 80.3. The Kier molecular flexibility index (Phi) is 13.9. The summed E-state index contributed by atoms with van der Waals surface area (Å²) in [5.41, 5.74) is 3.06. The van der Waals surface area contributed by atoms with Crippen LogP contribution in [0.1, 0.15) is 22.3 Å². The highest BCUT2D eigenvalue weighted by Crippen LogP contribution is 2.79. The lowest BCUT2D eigenvalue weighted by Crippen LogP contribution is -2.11. The average Bonchev–Trinajstić information content (AvgIpc) is 3.33. The van der Waals surface area contributed by atoms with Crippen LogP contribution < -0.4 is 36.2 Å². The molecule has 0 fully saturated rings. The van der Waals surface area contributed by atoms with E-state index in [4.69, 9.17) is 54.3 Å². The van der Waals surface area contributed by atoms with Gasteiger partial charge in [-0.25, -0.2) is 0 Å². The fourth-order valence-corrected chi connectivity index (χ4v) is 19.0. The minimum atomic E-state index is -4.42. The van der Waals surface area contributed by atoms with Crippen molar-refractivity contribution >= 4 is 30.6 Å². The van der Waals surface area contributed by atoms with Gasteiger partial charge < -0.3 is 36.2 Å². The summed E-state index contributed by atoms with van der Waals surface area (Å²) in [6.07, 6.45) is 0. The van der Waals surface area contributed by atoms with Crippen LogP contribution in [0.3, 0.4) is 0 Å². The summed E-state index contributed by atoms with van der Waals surface area (Å²) in [7, 11) is -17.7. The van der Waals surface area contributed by atoms with Crippen LogP contribution in [0.15, 0.2) is 236 Å². The fraction of sp³-hybridized carbons (Fsp3) is 0.0769. The molecule has 68 heavy (non-hydrogen) atoms. The minimum absolute atomic E-state index is 0.364. The van der Waals surface area contributed by atoms with Gasteiger partial charge in [0.1, 0.15) is 46.0 Å². The summed E-state index contributed by atoms with van der Waals surface area (Å²) in [5.74, 6) is 3.08. The molecule has 0 spiro atoms. The van der Waals surface area contributed by atoms with Crippen LogP contribution >= 0.6 is 30.6 Å². The van der Waals surface area contributed by atoms with Gasteiger partial charge in [0.15, 0.2) is 0 Å². The third kappa shape index (κ3) is 11.3. The first-order valence-electron chi connectivity index (χ1n) is 21.6. The molecule has 0 aliphatic carbocycles.